The zero-order valence-electron chi connectivity index (χ0n) is 15.9. The summed E-state index contributed by atoms with van der Waals surface area (Å²) in [6.07, 6.45) is 1.39. The lowest BCUT2D eigenvalue weighted by Crippen LogP contribution is -2.13. The lowest BCUT2D eigenvalue weighted by atomic mass is 10.0. The molecule has 5 nitrogen and oxygen atoms in total. The number of halogens is 1. The Morgan fingerprint density at radius 2 is 1.83 bits per heavy atom. The van der Waals surface area contributed by atoms with E-state index >= 15 is 0 Å². The quantitative estimate of drug-likeness (QED) is 0.477. The van der Waals surface area contributed by atoms with Crippen molar-refractivity contribution in [1.29, 1.82) is 0 Å². The molecule has 1 radical (unpaired) electrons. The van der Waals surface area contributed by atoms with Crippen LogP contribution in [0.5, 0.6) is 0 Å². The van der Waals surface area contributed by atoms with Gasteiger partial charge in [-0.2, -0.15) is 0 Å². The van der Waals surface area contributed by atoms with Crippen LogP contribution in [0.2, 0.25) is 0 Å². The van der Waals surface area contributed by atoms with E-state index in [9.17, 15) is 12.8 Å². The van der Waals surface area contributed by atoms with E-state index in [0.717, 1.165) is 9.54 Å². The summed E-state index contributed by atoms with van der Waals surface area (Å²) < 4.78 is 47.5. The third kappa shape index (κ3) is 3.27. The second-order valence-electron chi connectivity index (χ2n) is 6.74. The summed E-state index contributed by atoms with van der Waals surface area (Å²) in [5.41, 5.74) is 2.97. The van der Waals surface area contributed by atoms with Crippen molar-refractivity contribution >= 4 is 10.0 Å². The van der Waals surface area contributed by atoms with Gasteiger partial charge in [0.1, 0.15) is 11.6 Å². The Labute approximate surface area is 168 Å². The number of aryl methyl sites for hydroxylation is 2. The molecule has 0 atom stereocenters. The summed E-state index contributed by atoms with van der Waals surface area (Å²) >= 11 is 0. The number of nitrogens with zero attached hydrogens (tertiary/aromatic N) is 2. The number of rotatable bonds is 4. The maximum absolute atomic E-state index is 14.3. The molecule has 0 saturated heterocycles. The van der Waals surface area contributed by atoms with Crippen LogP contribution in [0.1, 0.15) is 17.0 Å². The highest BCUT2D eigenvalue weighted by atomic mass is 32.2. The summed E-state index contributed by atoms with van der Waals surface area (Å²) in [6.45, 7) is 7.38. The minimum atomic E-state index is -3.99. The summed E-state index contributed by atoms with van der Waals surface area (Å²) in [5.74, 6) is 0.0941. The van der Waals surface area contributed by atoms with Crippen molar-refractivity contribution in [3.05, 3.63) is 90.6 Å². The number of hydrogen-bond acceptors (Lipinski definition) is 4. The average molecular weight is 409 g/mol. The number of aromatic nitrogens is 2. The van der Waals surface area contributed by atoms with Crippen LogP contribution in [0.25, 0.3) is 22.4 Å². The first kappa shape index (κ1) is 19.1. The molecule has 0 aliphatic rings. The van der Waals surface area contributed by atoms with Crippen molar-refractivity contribution < 1.29 is 17.3 Å². The monoisotopic (exact) mass is 409 g/mol. The molecule has 0 fully saturated rings. The van der Waals surface area contributed by atoms with Gasteiger partial charge in [0.25, 0.3) is 10.0 Å². The number of benzene rings is 2. The van der Waals surface area contributed by atoms with Crippen LogP contribution in [0.3, 0.4) is 0 Å². The van der Waals surface area contributed by atoms with E-state index < -0.39 is 15.8 Å². The third-order valence-corrected chi connectivity index (χ3v) is 6.37. The van der Waals surface area contributed by atoms with E-state index in [0.29, 0.717) is 22.6 Å². The van der Waals surface area contributed by atoms with Gasteiger partial charge in [0.2, 0.25) is 0 Å². The van der Waals surface area contributed by atoms with Gasteiger partial charge in [-0.05, 0) is 62.2 Å². The fourth-order valence-electron chi connectivity index (χ4n) is 3.38. The van der Waals surface area contributed by atoms with Crippen LogP contribution in [0, 0.1) is 26.6 Å². The second kappa shape index (κ2) is 7.00. The third-order valence-electron chi connectivity index (χ3n) is 4.71. The summed E-state index contributed by atoms with van der Waals surface area (Å²) in [5, 5.41) is 3.93. The summed E-state index contributed by atoms with van der Waals surface area (Å²) in [7, 11) is -3.99. The fourth-order valence-corrected chi connectivity index (χ4v) is 4.82. The van der Waals surface area contributed by atoms with Gasteiger partial charge in [-0.1, -0.05) is 29.4 Å². The lowest BCUT2D eigenvalue weighted by Gasteiger charge is -2.12. The van der Waals surface area contributed by atoms with Crippen molar-refractivity contribution in [2.75, 3.05) is 0 Å². The molecule has 0 unspecified atom stereocenters. The fraction of sp³-hybridized carbons (Fsp3) is 0.0909. The predicted octanol–water partition coefficient (Wildman–Crippen LogP) is 4.99. The molecule has 2 aromatic carbocycles. The Morgan fingerprint density at radius 1 is 1.07 bits per heavy atom. The molecule has 0 N–H and O–H groups in total. The highest BCUT2D eigenvalue weighted by Crippen LogP contribution is 2.32. The van der Waals surface area contributed by atoms with Gasteiger partial charge in [-0.3, -0.25) is 0 Å². The van der Waals surface area contributed by atoms with Crippen molar-refractivity contribution in [3.8, 4) is 22.4 Å². The summed E-state index contributed by atoms with van der Waals surface area (Å²) in [6, 6.07) is 14.1. The van der Waals surface area contributed by atoms with Gasteiger partial charge in [-0.25, -0.2) is 16.8 Å². The Kier molecular flexibility index (Phi) is 4.62. The second-order valence-corrected chi connectivity index (χ2v) is 8.56. The van der Waals surface area contributed by atoms with Crippen LogP contribution >= 0.6 is 0 Å². The zero-order chi connectivity index (χ0) is 20.8. The predicted molar refractivity (Wildman–Crippen MR) is 108 cm³/mol. The normalized spacial score (nSPS) is 11.7. The molecule has 0 aliphatic carbocycles. The van der Waals surface area contributed by atoms with Gasteiger partial charge >= 0.3 is 0 Å². The van der Waals surface area contributed by atoms with E-state index in [-0.39, 0.29) is 16.2 Å². The molecule has 2 heterocycles. The molecule has 4 aromatic rings. The van der Waals surface area contributed by atoms with Crippen molar-refractivity contribution in [3.63, 3.8) is 0 Å². The van der Waals surface area contributed by atoms with Crippen LogP contribution in [0.4, 0.5) is 4.39 Å². The van der Waals surface area contributed by atoms with Gasteiger partial charge in [0.15, 0.2) is 0 Å². The molecule has 29 heavy (non-hydrogen) atoms. The first-order valence-electron chi connectivity index (χ1n) is 8.87. The molecule has 0 saturated carbocycles. The zero-order valence-corrected chi connectivity index (χ0v) is 16.7. The molecule has 4 rings (SSSR count). The van der Waals surface area contributed by atoms with Crippen molar-refractivity contribution in [1.82, 2.24) is 9.13 Å². The average Bonchev–Trinajstić information content (AvgIpc) is 3.24. The van der Waals surface area contributed by atoms with Gasteiger partial charge in [0, 0.05) is 17.3 Å². The minimum Gasteiger partial charge on any atom is -0.361 e. The van der Waals surface area contributed by atoms with E-state index in [1.807, 2.05) is 0 Å². The molecule has 7 heteroatoms. The maximum atomic E-state index is 14.3. The molecule has 0 aliphatic heterocycles. The maximum Gasteiger partial charge on any atom is 0.268 e. The van der Waals surface area contributed by atoms with E-state index in [4.69, 9.17) is 4.52 Å². The smallest absolute Gasteiger partial charge is 0.268 e. The Balaban J connectivity index is 1.88. The molecule has 2 aromatic heterocycles. The Hall–Kier alpha value is -3.19. The van der Waals surface area contributed by atoms with Crippen molar-refractivity contribution in [2.24, 2.45) is 0 Å². The van der Waals surface area contributed by atoms with Crippen LogP contribution < -0.4 is 0 Å². The van der Waals surface area contributed by atoms with Crippen LogP contribution in [-0.2, 0) is 10.0 Å². The largest absolute Gasteiger partial charge is 0.361 e. The Morgan fingerprint density at radius 3 is 2.52 bits per heavy atom. The molecule has 0 spiro atoms. The standard InChI is InChI=1S/C22H18FN2O3S/c1-14-11-21(19-9-4-5-10-20(19)23)25(13-14)29(26,27)18-8-6-7-17(12-18)22-15(2)24-28-16(22)3/h4-13H,1H2,2-3H3. The summed E-state index contributed by atoms with van der Waals surface area (Å²) in [4.78, 5) is 0.0724. The SMILES string of the molecule is [CH2]c1cc(-c2ccccc2F)n(S(=O)(=O)c2cccc(-c3c(C)noc3C)c2)c1. The minimum absolute atomic E-state index is 0.0724. The van der Waals surface area contributed by atoms with Crippen molar-refractivity contribution in [2.45, 2.75) is 18.7 Å². The van der Waals surface area contributed by atoms with E-state index in [1.165, 1.54) is 24.4 Å². The van der Waals surface area contributed by atoms with E-state index in [2.05, 4.69) is 12.1 Å². The number of hydrogen-bond donors (Lipinski definition) is 0. The molecule has 147 valence electrons. The van der Waals surface area contributed by atoms with Gasteiger partial charge in [0.05, 0.1) is 16.3 Å². The van der Waals surface area contributed by atoms with Crippen LogP contribution in [-0.4, -0.2) is 17.5 Å². The van der Waals surface area contributed by atoms with E-state index in [1.54, 1.807) is 50.2 Å². The van der Waals surface area contributed by atoms with Gasteiger partial charge in [-0.15, -0.1) is 0 Å². The van der Waals surface area contributed by atoms with Gasteiger partial charge < -0.3 is 4.52 Å². The molecular weight excluding hydrogens is 391 g/mol. The highest BCUT2D eigenvalue weighted by Gasteiger charge is 2.23. The molecular formula is C22H18FN2O3S. The lowest BCUT2D eigenvalue weighted by molar-refractivity contribution is 0.393. The first-order chi connectivity index (χ1) is 13.8. The first-order valence-corrected chi connectivity index (χ1v) is 10.3. The molecule has 0 bridgehead atoms. The highest BCUT2D eigenvalue weighted by molar-refractivity contribution is 7.90. The Bertz CT molecular complexity index is 1300. The molecule has 0 amide bonds. The topological polar surface area (TPSA) is 65.1 Å². The van der Waals surface area contributed by atoms with Crippen LogP contribution in [0.15, 0.2) is 70.2 Å².